The second-order valence-electron chi connectivity index (χ2n) is 7.50. The minimum atomic E-state index is 0.101. The molecule has 0 amide bonds. The second-order valence-corrected chi connectivity index (χ2v) is 7.50. The number of anilines is 1. The van der Waals surface area contributed by atoms with Gasteiger partial charge in [0.25, 0.3) is 0 Å². The van der Waals surface area contributed by atoms with Crippen LogP contribution in [0, 0.1) is 0 Å². The van der Waals surface area contributed by atoms with E-state index >= 15 is 0 Å². The van der Waals surface area contributed by atoms with Crippen molar-refractivity contribution >= 4 is 16.6 Å². The molecule has 0 saturated carbocycles. The lowest BCUT2D eigenvalue weighted by molar-refractivity contribution is 0.0829. The molecule has 2 aromatic heterocycles. The van der Waals surface area contributed by atoms with Gasteiger partial charge < -0.3 is 14.4 Å². The fraction of sp³-hybridized carbons (Fsp3) is 0.409. The highest BCUT2D eigenvalue weighted by Gasteiger charge is 2.28. The van der Waals surface area contributed by atoms with Crippen LogP contribution in [-0.2, 0) is 4.74 Å². The van der Waals surface area contributed by atoms with E-state index in [4.69, 9.17) is 9.47 Å². The molecule has 0 aliphatic carbocycles. The third kappa shape index (κ3) is 3.52. The summed E-state index contributed by atoms with van der Waals surface area (Å²) in [5, 5.41) is 2.38. The van der Waals surface area contributed by atoms with Crippen molar-refractivity contribution in [3.8, 4) is 5.88 Å². The summed E-state index contributed by atoms with van der Waals surface area (Å²) < 4.78 is 11.8. The Morgan fingerprint density at radius 1 is 0.964 bits per heavy atom. The van der Waals surface area contributed by atoms with Gasteiger partial charge in [-0.25, -0.2) is 9.97 Å². The normalized spacial score (nSPS) is 20.6. The highest BCUT2D eigenvalue weighted by molar-refractivity contribution is 5.83. The smallest absolute Gasteiger partial charge is 0.236 e. The maximum atomic E-state index is 6.32. The van der Waals surface area contributed by atoms with Crippen molar-refractivity contribution in [1.82, 2.24) is 15.0 Å². The molecule has 144 valence electrons. The average molecular weight is 376 g/mol. The Balaban J connectivity index is 1.30. The van der Waals surface area contributed by atoms with Crippen LogP contribution in [0.2, 0.25) is 0 Å². The van der Waals surface area contributed by atoms with Crippen LogP contribution in [-0.4, -0.2) is 47.4 Å². The van der Waals surface area contributed by atoms with Crippen molar-refractivity contribution in [3.63, 3.8) is 0 Å². The minimum Gasteiger partial charge on any atom is -0.471 e. The van der Waals surface area contributed by atoms with E-state index in [1.54, 1.807) is 12.4 Å². The Hall–Kier alpha value is -2.73. The minimum absolute atomic E-state index is 0.101. The van der Waals surface area contributed by atoms with Gasteiger partial charge in [-0.15, -0.1) is 0 Å². The highest BCUT2D eigenvalue weighted by atomic mass is 16.5. The number of rotatable bonds is 4. The predicted octanol–water partition coefficient (Wildman–Crippen LogP) is 3.58. The summed E-state index contributed by atoms with van der Waals surface area (Å²) in [7, 11) is 0. The number of benzene rings is 1. The molecule has 2 saturated heterocycles. The molecule has 1 aromatic carbocycles. The highest BCUT2D eigenvalue weighted by Crippen LogP contribution is 2.32. The van der Waals surface area contributed by atoms with E-state index in [0.717, 1.165) is 57.1 Å². The van der Waals surface area contributed by atoms with Gasteiger partial charge in [-0.05, 0) is 24.3 Å². The molecule has 0 radical (unpaired) electrons. The van der Waals surface area contributed by atoms with Gasteiger partial charge in [-0.2, -0.15) is 0 Å². The quantitative estimate of drug-likeness (QED) is 0.694. The van der Waals surface area contributed by atoms with Gasteiger partial charge in [0.1, 0.15) is 17.6 Å². The molecule has 2 aliphatic heterocycles. The molecular weight excluding hydrogens is 352 g/mol. The Bertz CT molecular complexity index is 958. The summed E-state index contributed by atoms with van der Waals surface area (Å²) in [6.07, 6.45) is 8.44. The van der Waals surface area contributed by atoms with Crippen LogP contribution in [0.25, 0.3) is 10.8 Å². The van der Waals surface area contributed by atoms with Gasteiger partial charge in [0.05, 0.1) is 6.54 Å². The number of pyridine rings is 1. The van der Waals surface area contributed by atoms with E-state index in [1.165, 1.54) is 10.8 Å². The predicted molar refractivity (Wildman–Crippen MR) is 108 cm³/mol. The molecular formula is C22H24N4O2. The van der Waals surface area contributed by atoms with Crippen molar-refractivity contribution in [2.24, 2.45) is 0 Å². The number of aromatic nitrogens is 3. The topological polar surface area (TPSA) is 60.4 Å². The number of fused-ring (bicyclic) bond motifs is 1. The standard InChI is InChI=1S/C22H24N4O2/c1-2-4-18-14-25-20(13-17(18)3-1)26-10-5-19(15-26)28-22-21(23-8-9-24-22)16-6-11-27-12-7-16/h1-4,8-9,13-14,16,19H,5-7,10-12,15H2/t19-/m0/s1. The number of hydrogen-bond donors (Lipinski definition) is 0. The molecule has 0 spiro atoms. The molecule has 2 aliphatic rings. The second kappa shape index (κ2) is 7.72. The lowest BCUT2D eigenvalue weighted by atomic mass is 9.96. The lowest BCUT2D eigenvalue weighted by Crippen LogP contribution is -2.26. The maximum Gasteiger partial charge on any atom is 0.236 e. The zero-order valence-corrected chi connectivity index (χ0v) is 15.8. The zero-order valence-electron chi connectivity index (χ0n) is 15.8. The van der Waals surface area contributed by atoms with Gasteiger partial charge in [0.15, 0.2) is 0 Å². The largest absolute Gasteiger partial charge is 0.471 e. The van der Waals surface area contributed by atoms with Gasteiger partial charge >= 0.3 is 0 Å². The third-order valence-electron chi connectivity index (χ3n) is 5.66. The van der Waals surface area contributed by atoms with Gasteiger partial charge in [-0.1, -0.05) is 24.3 Å². The van der Waals surface area contributed by atoms with Crippen LogP contribution in [0.3, 0.4) is 0 Å². The van der Waals surface area contributed by atoms with Gasteiger partial charge in [0, 0.05) is 56.1 Å². The van der Waals surface area contributed by atoms with E-state index in [-0.39, 0.29) is 6.10 Å². The van der Waals surface area contributed by atoms with Crippen molar-refractivity contribution in [2.45, 2.75) is 31.3 Å². The van der Waals surface area contributed by atoms with Crippen molar-refractivity contribution in [3.05, 3.63) is 54.6 Å². The third-order valence-corrected chi connectivity index (χ3v) is 5.66. The van der Waals surface area contributed by atoms with Crippen molar-refractivity contribution in [2.75, 3.05) is 31.2 Å². The van der Waals surface area contributed by atoms with Crippen LogP contribution in [0.4, 0.5) is 5.82 Å². The number of nitrogens with zero attached hydrogens (tertiary/aromatic N) is 4. The maximum absolute atomic E-state index is 6.32. The molecule has 3 aromatic rings. The fourth-order valence-corrected chi connectivity index (χ4v) is 4.11. The first-order chi connectivity index (χ1) is 13.9. The van der Waals surface area contributed by atoms with Gasteiger partial charge in [0.2, 0.25) is 5.88 Å². The summed E-state index contributed by atoms with van der Waals surface area (Å²) in [6.45, 7) is 3.31. The monoisotopic (exact) mass is 376 g/mol. The molecule has 6 heteroatoms. The van der Waals surface area contributed by atoms with Gasteiger partial charge in [-0.3, -0.25) is 4.98 Å². The Kier molecular flexibility index (Phi) is 4.79. The summed E-state index contributed by atoms with van der Waals surface area (Å²) in [6, 6.07) is 10.5. The first-order valence-electron chi connectivity index (χ1n) is 10.0. The Morgan fingerprint density at radius 2 is 1.79 bits per heavy atom. The molecule has 28 heavy (non-hydrogen) atoms. The summed E-state index contributed by atoms with van der Waals surface area (Å²) in [5.74, 6) is 2.07. The van der Waals surface area contributed by atoms with Crippen molar-refractivity contribution < 1.29 is 9.47 Å². The molecule has 0 bridgehead atoms. The zero-order chi connectivity index (χ0) is 18.8. The molecule has 0 N–H and O–H groups in total. The number of ether oxygens (including phenoxy) is 2. The lowest BCUT2D eigenvalue weighted by Gasteiger charge is -2.24. The van der Waals surface area contributed by atoms with Crippen molar-refractivity contribution in [1.29, 1.82) is 0 Å². The first-order valence-corrected chi connectivity index (χ1v) is 10.0. The van der Waals surface area contributed by atoms with E-state index in [0.29, 0.717) is 11.8 Å². The first kappa shape index (κ1) is 17.4. The molecule has 6 nitrogen and oxygen atoms in total. The molecule has 0 unspecified atom stereocenters. The van der Waals surface area contributed by atoms with E-state index in [1.807, 2.05) is 12.3 Å². The van der Waals surface area contributed by atoms with Crippen LogP contribution < -0.4 is 9.64 Å². The van der Waals surface area contributed by atoms with Crippen LogP contribution >= 0.6 is 0 Å². The molecule has 1 atom stereocenters. The molecule has 2 fully saturated rings. The van der Waals surface area contributed by atoms with E-state index < -0.39 is 0 Å². The van der Waals surface area contributed by atoms with Crippen LogP contribution in [0.15, 0.2) is 48.9 Å². The number of hydrogen-bond acceptors (Lipinski definition) is 6. The van der Waals surface area contributed by atoms with E-state index in [9.17, 15) is 0 Å². The Labute approximate surface area is 164 Å². The fourth-order valence-electron chi connectivity index (χ4n) is 4.11. The summed E-state index contributed by atoms with van der Waals surface area (Å²) in [4.78, 5) is 16.0. The molecule has 5 rings (SSSR count). The Morgan fingerprint density at radius 3 is 2.68 bits per heavy atom. The van der Waals surface area contributed by atoms with E-state index in [2.05, 4.69) is 44.1 Å². The summed E-state index contributed by atoms with van der Waals surface area (Å²) in [5.41, 5.74) is 0.980. The van der Waals surface area contributed by atoms with Crippen LogP contribution in [0.5, 0.6) is 5.88 Å². The van der Waals surface area contributed by atoms with Crippen LogP contribution in [0.1, 0.15) is 30.9 Å². The SMILES string of the molecule is c1ccc2cc(N3CC[C@H](Oc4nccnc4C4CCOCC4)C3)ncc2c1. The average Bonchev–Trinajstić information content (AvgIpc) is 3.23. The molecule has 4 heterocycles. The summed E-state index contributed by atoms with van der Waals surface area (Å²) >= 11 is 0.